The number of hydrogen-bond donors (Lipinski definition) is 3. The van der Waals surface area contributed by atoms with Crippen LogP contribution in [0.15, 0.2) is 42.5 Å². The van der Waals surface area contributed by atoms with E-state index in [-0.39, 0.29) is 10.6 Å². The van der Waals surface area contributed by atoms with Gasteiger partial charge >= 0.3 is 11.9 Å². The average Bonchev–Trinajstić information content (AvgIpc) is 3.11. The molecule has 3 N–H and O–H groups in total. The van der Waals surface area contributed by atoms with E-state index in [2.05, 4.69) is 29.8 Å². The monoisotopic (exact) mass is 401 g/mol. The summed E-state index contributed by atoms with van der Waals surface area (Å²) in [5.74, 6) is -2.51. The van der Waals surface area contributed by atoms with Crippen molar-refractivity contribution in [2.45, 2.75) is 26.3 Å². The summed E-state index contributed by atoms with van der Waals surface area (Å²) in [5, 5.41) is 27.6. The molecule has 0 radical (unpaired) electrons. The molecule has 0 unspecified atom stereocenters. The second-order valence-electron chi connectivity index (χ2n) is 6.76. The van der Waals surface area contributed by atoms with Gasteiger partial charge in [0.05, 0.1) is 4.92 Å². The van der Waals surface area contributed by atoms with Gasteiger partial charge in [-0.05, 0) is 31.9 Å². The first kappa shape index (κ1) is 21.8. The van der Waals surface area contributed by atoms with Crippen LogP contribution in [0.1, 0.15) is 26.0 Å². The standard InChI is InChI=1S/C16H19N3O2.C4H4O4/c1-11(2)18-8-6-12(7-9-18)14-10-13-4-3-5-15(19(20)21)16(13)17-14;5-3(6)1-2-4(7)8/h3-6,10-11,17H,7-9H2,1-2H3;1-2H,(H,5,6)(H,7,8)/b;2-1-. The number of hydrogen-bond acceptors (Lipinski definition) is 5. The molecule has 9 nitrogen and oxygen atoms in total. The number of nitrogens with zero attached hydrogens (tertiary/aromatic N) is 2. The van der Waals surface area contributed by atoms with Gasteiger partial charge < -0.3 is 15.2 Å². The Hall–Kier alpha value is -3.46. The molecule has 1 aromatic heterocycles. The zero-order valence-electron chi connectivity index (χ0n) is 16.2. The average molecular weight is 401 g/mol. The fourth-order valence-corrected chi connectivity index (χ4v) is 3.01. The van der Waals surface area contributed by atoms with E-state index < -0.39 is 11.9 Å². The lowest BCUT2D eigenvalue weighted by Gasteiger charge is -2.29. The van der Waals surface area contributed by atoms with E-state index in [0.717, 1.165) is 30.6 Å². The van der Waals surface area contributed by atoms with Gasteiger partial charge in [0.25, 0.3) is 5.69 Å². The van der Waals surface area contributed by atoms with Crippen molar-refractivity contribution in [1.29, 1.82) is 0 Å². The predicted octanol–water partition coefficient (Wildman–Crippen LogP) is 3.29. The first-order valence-electron chi connectivity index (χ1n) is 9.02. The van der Waals surface area contributed by atoms with Crippen LogP contribution in [0.25, 0.3) is 16.5 Å². The van der Waals surface area contributed by atoms with Gasteiger partial charge in [0.2, 0.25) is 0 Å². The van der Waals surface area contributed by atoms with E-state index in [1.54, 1.807) is 12.1 Å². The lowest BCUT2D eigenvalue weighted by atomic mass is 10.0. The summed E-state index contributed by atoms with van der Waals surface area (Å²) in [4.78, 5) is 35.5. The van der Waals surface area contributed by atoms with E-state index in [1.807, 2.05) is 12.1 Å². The fourth-order valence-electron chi connectivity index (χ4n) is 3.01. The summed E-state index contributed by atoms with van der Waals surface area (Å²) in [6.45, 7) is 6.36. The van der Waals surface area contributed by atoms with E-state index in [1.165, 1.54) is 5.57 Å². The summed E-state index contributed by atoms with van der Waals surface area (Å²) < 4.78 is 0. The third-order valence-electron chi connectivity index (χ3n) is 4.52. The van der Waals surface area contributed by atoms with Crippen molar-refractivity contribution < 1.29 is 24.7 Å². The molecule has 0 spiro atoms. The number of carboxylic acid groups (broad SMARTS) is 2. The highest BCUT2D eigenvalue weighted by molar-refractivity contribution is 5.91. The summed E-state index contributed by atoms with van der Waals surface area (Å²) in [5.41, 5.74) is 3.00. The number of fused-ring (bicyclic) bond motifs is 1. The van der Waals surface area contributed by atoms with E-state index in [4.69, 9.17) is 10.2 Å². The van der Waals surface area contributed by atoms with Gasteiger partial charge in [-0.3, -0.25) is 15.0 Å². The number of carbonyl (C=O) groups is 2. The minimum absolute atomic E-state index is 0.138. The molecule has 1 aliphatic heterocycles. The number of H-pyrrole nitrogens is 1. The Labute approximate surface area is 167 Å². The highest BCUT2D eigenvalue weighted by Gasteiger charge is 2.18. The van der Waals surface area contributed by atoms with Crippen molar-refractivity contribution >= 4 is 34.1 Å². The summed E-state index contributed by atoms with van der Waals surface area (Å²) in [6.07, 6.45) is 4.31. The molecule has 0 fully saturated rings. The normalized spacial score (nSPS) is 14.5. The second-order valence-corrected chi connectivity index (χ2v) is 6.76. The maximum Gasteiger partial charge on any atom is 0.328 e. The Kier molecular flexibility index (Phi) is 7.27. The molecule has 0 atom stereocenters. The van der Waals surface area contributed by atoms with Crippen molar-refractivity contribution in [2.75, 3.05) is 13.1 Å². The van der Waals surface area contributed by atoms with Gasteiger partial charge in [-0.25, -0.2) is 9.59 Å². The molecule has 9 heteroatoms. The molecule has 1 aromatic carbocycles. The Balaban J connectivity index is 0.000000321. The minimum Gasteiger partial charge on any atom is -0.478 e. The van der Waals surface area contributed by atoms with Crippen LogP contribution in [0.4, 0.5) is 5.69 Å². The lowest BCUT2D eigenvalue weighted by molar-refractivity contribution is -0.383. The first-order chi connectivity index (χ1) is 13.7. The highest BCUT2D eigenvalue weighted by Crippen LogP contribution is 2.30. The maximum atomic E-state index is 11.1. The van der Waals surface area contributed by atoms with Gasteiger partial charge in [-0.2, -0.15) is 0 Å². The van der Waals surface area contributed by atoms with Crippen LogP contribution in [0.2, 0.25) is 0 Å². The van der Waals surface area contributed by atoms with Gasteiger partial charge in [-0.15, -0.1) is 0 Å². The van der Waals surface area contributed by atoms with Crippen LogP contribution >= 0.6 is 0 Å². The number of benzene rings is 1. The molecule has 2 aromatic rings. The first-order valence-corrected chi connectivity index (χ1v) is 9.02. The zero-order valence-corrected chi connectivity index (χ0v) is 16.2. The van der Waals surface area contributed by atoms with Crippen LogP contribution in [0, 0.1) is 10.1 Å². The van der Waals surface area contributed by atoms with E-state index >= 15 is 0 Å². The largest absolute Gasteiger partial charge is 0.478 e. The number of aromatic amines is 1. The van der Waals surface area contributed by atoms with Crippen molar-refractivity contribution in [3.05, 3.63) is 58.3 Å². The van der Waals surface area contributed by atoms with Crippen molar-refractivity contribution in [3.8, 4) is 0 Å². The number of carboxylic acids is 2. The second kappa shape index (κ2) is 9.65. The van der Waals surface area contributed by atoms with E-state index in [0.29, 0.717) is 23.7 Å². The number of para-hydroxylation sites is 1. The van der Waals surface area contributed by atoms with Gasteiger partial charge in [0.1, 0.15) is 5.52 Å². The molecule has 0 saturated carbocycles. The molecule has 0 aliphatic carbocycles. The minimum atomic E-state index is -1.26. The predicted molar refractivity (Wildman–Crippen MR) is 109 cm³/mol. The molecule has 2 heterocycles. The summed E-state index contributed by atoms with van der Waals surface area (Å²) in [7, 11) is 0. The van der Waals surface area contributed by atoms with Crippen LogP contribution < -0.4 is 0 Å². The molecular formula is C20H23N3O6. The van der Waals surface area contributed by atoms with Crippen LogP contribution in [0.5, 0.6) is 0 Å². The van der Waals surface area contributed by atoms with Crippen molar-refractivity contribution in [1.82, 2.24) is 9.88 Å². The number of nitro benzene ring substituents is 1. The van der Waals surface area contributed by atoms with Crippen LogP contribution in [-0.4, -0.2) is 56.1 Å². The smallest absolute Gasteiger partial charge is 0.328 e. The van der Waals surface area contributed by atoms with Crippen LogP contribution in [0.3, 0.4) is 0 Å². The zero-order chi connectivity index (χ0) is 21.6. The highest BCUT2D eigenvalue weighted by atomic mass is 16.6. The molecule has 29 heavy (non-hydrogen) atoms. The Morgan fingerprint density at radius 3 is 2.38 bits per heavy atom. The quantitative estimate of drug-likeness (QED) is 0.397. The number of non-ortho nitro benzene ring substituents is 1. The topological polar surface area (TPSA) is 137 Å². The molecule has 0 bridgehead atoms. The molecule has 0 saturated heterocycles. The Morgan fingerprint density at radius 1 is 1.24 bits per heavy atom. The van der Waals surface area contributed by atoms with Crippen molar-refractivity contribution in [3.63, 3.8) is 0 Å². The third kappa shape index (κ3) is 6.01. The lowest BCUT2D eigenvalue weighted by Crippen LogP contribution is -2.34. The van der Waals surface area contributed by atoms with Gasteiger partial charge in [0.15, 0.2) is 0 Å². The number of aliphatic carboxylic acids is 2. The SMILES string of the molecule is CC(C)N1CC=C(c2cc3cccc([N+](=O)[O-])c3[nH]2)CC1.O=C(O)/C=C\C(=O)O. The summed E-state index contributed by atoms with van der Waals surface area (Å²) >= 11 is 0. The Bertz CT molecular complexity index is 958. The van der Waals surface area contributed by atoms with Gasteiger partial charge in [-0.1, -0.05) is 18.2 Å². The maximum absolute atomic E-state index is 11.1. The number of aromatic nitrogens is 1. The fraction of sp³-hybridized carbons (Fsp3) is 0.300. The van der Waals surface area contributed by atoms with Gasteiger partial charge in [0, 0.05) is 48.4 Å². The summed E-state index contributed by atoms with van der Waals surface area (Å²) in [6, 6.07) is 7.74. The third-order valence-corrected chi connectivity index (χ3v) is 4.52. The van der Waals surface area contributed by atoms with E-state index in [9.17, 15) is 19.7 Å². The van der Waals surface area contributed by atoms with Crippen LogP contribution in [-0.2, 0) is 9.59 Å². The molecule has 154 valence electrons. The molecule has 3 rings (SSSR count). The molecule has 1 aliphatic rings. The molecule has 0 amide bonds. The van der Waals surface area contributed by atoms with Crippen molar-refractivity contribution in [2.24, 2.45) is 0 Å². The Morgan fingerprint density at radius 2 is 1.90 bits per heavy atom. The molecular weight excluding hydrogens is 378 g/mol. The number of rotatable bonds is 5. The number of nitrogens with one attached hydrogen (secondary N) is 1. The number of nitro groups is 1.